The van der Waals surface area contributed by atoms with Crippen LogP contribution in [0.5, 0.6) is 5.75 Å². The van der Waals surface area contributed by atoms with Crippen molar-refractivity contribution in [3.8, 4) is 5.75 Å². The lowest BCUT2D eigenvalue weighted by atomic mass is 9.78. The SMILES string of the molecule is COCOc1ccnc2ccc(B3OC(C)(C)C(C)(C)O3)cc12. The number of fused-ring (bicyclic) bond motifs is 1. The standard InChI is InChI=1S/C17H22BNO4/c1-16(2)17(3,4)23-18(22-16)12-6-7-14-13(10-12)15(8-9-19-14)21-11-20-5/h6-10H,11H2,1-5H3. The summed E-state index contributed by atoms with van der Waals surface area (Å²) in [6.07, 6.45) is 1.72. The highest BCUT2D eigenvalue weighted by Gasteiger charge is 2.51. The Morgan fingerprint density at radius 3 is 2.43 bits per heavy atom. The van der Waals surface area contributed by atoms with Crippen LogP contribution in [0, 0.1) is 0 Å². The van der Waals surface area contributed by atoms with Gasteiger partial charge in [0.15, 0.2) is 6.79 Å². The van der Waals surface area contributed by atoms with E-state index in [1.807, 2.05) is 52.0 Å². The van der Waals surface area contributed by atoms with E-state index in [9.17, 15) is 0 Å². The normalized spacial score (nSPS) is 19.3. The fourth-order valence-corrected chi connectivity index (χ4v) is 2.51. The van der Waals surface area contributed by atoms with Gasteiger partial charge < -0.3 is 18.8 Å². The van der Waals surface area contributed by atoms with Gasteiger partial charge in [0, 0.05) is 18.7 Å². The van der Waals surface area contributed by atoms with Gasteiger partial charge in [0.1, 0.15) is 5.75 Å². The van der Waals surface area contributed by atoms with Gasteiger partial charge >= 0.3 is 7.12 Å². The van der Waals surface area contributed by atoms with E-state index in [4.69, 9.17) is 18.8 Å². The molecular weight excluding hydrogens is 293 g/mol. The van der Waals surface area contributed by atoms with Crippen molar-refractivity contribution in [2.75, 3.05) is 13.9 Å². The van der Waals surface area contributed by atoms with Crippen LogP contribution in [0.1, 0.15) is 27.7 Å². The molecule has 1 aliphatic rings. The molecule has 5 nitrogen and oxygen atoms in total. The van der Waals surface area contributed by atoms with Crippen LogP contribution in [-0.4, -0.2) is 37.2 Å². The van der Waals surface area contributed by atoms with Gasteiger partial charge in [-0.05, 0) is 51.4 Å². The van der Waals surface area contributed by atoms with E-state index in [2.05, 4.69) is 4.98 Å². The molecule has 1 fully saturated rings. The van der Waals surface area contributed by atoms with Crippen LogP contribution < -0.4 is 10.2 Å². The van der Waals surface area contributed by atoms with Crippen LogP contribution in [-0.2, 0) is 14.0 Å². The van der Waals surface area contributed by atoms with E-state index in [0.717, 1.165) is 22.1 Å². The smallest absolute Gasteiger partial charge is 0.467 e. The lowest BCUT2D eigenvalue weighted by molar-refractivity contribution is 0.00578. The van der Waals surface area contributed by atoms with Crippen molar-refractivity contribution >= 4 is 23.5 Å². The number of hydrogen-bond donors (Lipinski definition) is 0. The molecule has 1 aromatic heterocycles. The van der Waals surface area contributed by atoms with Crippen molar-refractivity contribution in [2.45, 2.75) is 38.9 Å². The third-order valence-corrected chi connectivity index (χ3v) is 4.58. The molecular formula is C17H22BNO4. The highest BCUT2D eigenvalue weighted by molar-refractivity contribution is 6.62. The Morgan fingerprint density at radius 2 is 1.78 bits per heavy atom. The van der Waals surface area contributed by atoms with E-state index in [-0.39, 0.29) is 18.0 Å². The third kappa shape index (κ3) is 2.94. The highest BCUT2D eigenvalue weighted by Crippen LogP contribution is 2.36. The fraction of sp³-hybridized carbons (Fsp3) is 0.471. The van der Waals surface area contributed by atoms with Crippen molar-refractivity contribution in [3.05, 3.63) is 30.5 Å². The monoisotopic (exact) mass is 315 g/mol. The second-order valence-electron chi connectivity index (χ2n) is 6.72. The summed E-state index contributed by atoms with van der Waals surface area (Å²) in [7, 11) is 1.19. The molecule has 0 spiro atoms. The van der Waals surface area contributed by atoms with Crippen molar-refractivity contribution in [2.24, 2.45) is 0 Å². The maximum Gasteiger partial charge on any atom is 0.494 e. The lowest BCUT2D eigenvalue weighted by Gasteiger charge is -2.32. The Kier molecular flexibility index (Phi) is 4.08. The Morgan fingerprint density at radius 1 is 1.09 bits per heavy atom. The predicted molar refractivity (Wildman–Crippen MR) is 90.0 cm³/mol. The Hall–Kier alpha value is -1.63. The number of pyridine rings is 1. The van der Waals surface area contributed by atoms with Gasteiger partial charge in [0.2, 0.25) is 0 Å². The first-order chi connectivity index (χ1) is 10.8. The van der Waals surface area contributed by atoms with Gasteiger partial charge in [-0.25, -0.2) is 0 Å². The first-order valence-corrected chi connectivity index (χ1v) is 7.70. The summed E-state index contributed by atoms with van der Waals surface area (Å²) < 4.78 is 22.8. The summed E-state index contributed by atoms with van der Waals surface area (Å²) in [4.78, 5) is 4.37. The molecule has 0 saturated carbocycles. The molecule has 0 atom stereocenters. The summed E-state index contributed by atoms with van der Waals surface area (Å²) in [6, 6.07) is 7.78. The average Bonchev–Trinajstić information content (AvgIpc) is 2.73. The molecule has 1 saturated heterocycles. The van der Waals surface area contributed by atoms with E-state index >= 15 is 0 Å². The van der Waals surface area contributed by atoms with Crippen LogP contribution >= 0.6 is 0 Å². The van der Waals surface area contributed by atoms with Gasteiger partial charge in [0.05, 0.1) is 16.7 Å². The van der Waals surface area contributed by atoms with Gasteiger partial charge in [-0.15, -0.1) is 0 Å². The van der Waals surface area contributed by atoms with Crippen LogP contribution in [0.4, 0.5) is 0 Å². The number of aromatic nitrogens is 1. The molecule has 1 aliphatic heterocycles. The summed E-state index contributed by atoms with van der Waals surface area (Å²) in [5.74, 6) is 0.732. The molecule has 0 amide bonds. The van der Waals surface area contributed by atoms with Crippen molar-refractivity contribution < 1.29 is 18.8 Å². The molecule has 0 unspecified atom stereocenters. The molecule has 0 bridgehead atoms. The lowest BCUT2D eigenvalue weighted by Crippen LogP contribution is -2.41. The predicted octanol–water partition coefficient (Wildman–Crippen LogP) is 2.52. The molecule has 23 heavy (non-hydrogen) atoms. The largest absolute Gasteiger partial charge is 0.494 e. The zero-order valence-electron chi connectivity index (χ0n) is 14.3. The Bertz CT molecular complexity index is 701. The second kappa shape index (κ2) is 5.78. The number of nitrogens with zero attached hydrogens (tertiary/aromatic N) is 1. The number of rotatable bonds is 4. The van der Waals surface area contributed by atoms with Crippen LogP contribution in [0.3, 0.4) is 0 Å². The maximum atomic E-state index is 6.11. The van der Waals surface area contributed by atoms with Crippen molar-refractivity contribution in [3.63, 3.8) is 0 Å². The van der Waals surface area contributed by atoms with Crippen LogP contribution in [0.2, 0.25) is 0 Å². The zero-order valence-corrected chi connectivity index (χ0v) is 14.3. The number of hydrogen-bond acceptors (Lipinski definition) is 5. The summed E-state index contributed by atoms with van der Waals surface area (Å²) in [5.41, 5.74) is 1.08. The Labute approximate surface area is 137 Å². The number of methoxy groups -OCH3 is 1. The van der Waals surface area contributed by atoms with Gasteiger partial charge in [0.25, 0.3) is 0 Å². The minimum Gasteiger partial charge on any atom is -0.467 e. The van der Waals surface area contributed by atoms with Crippen LogP contribution in [0.15, 0.2) is 30.5 Å². The molecule has 6 heteroatoms. The topological polar surface area (TPSA) is 49.8 Å². The third-order valence-electron chi connectivity index (χ3n) is 4.58. The van der Waals surface area contributed by atoms with Gasteiger partial charge in [-0.3, -0.25) is 4.98 Å². The van der Waals surface area contributed by atoms with Crippen molar-refractivity contribution in [1.29, 1.82) is 0 Å². The maximum absolute atomic E-state index is 6.11. The second-order valence-corrected chi connectivity index (χ2v) is 6.72. The van der Waals surface area contributed by atoms with Crippen LogP contribution in [0.25, 0.3) is 10.9 Å². The number of benzene rings is 1. The van der Waals surface area contributed by atoms with E-state index in [0.29, 0.717) is 0 Å². The van der Waals surface area contributed by atoms with E-state index in [1.165, 1.54) is 0 Å². The van der Waals surface area contributed by atoms with Gasteiger partial charge in [-0.2, -0.15) is 0 Å². The fourth-order valence-electron chi connectivity index (χ4n) is 2.51. The zero-order chi connectivity index (χ0) is 16.7. The molecule has 2 aromatic rings. The minimum absolute atomic E-state index is 0.194. The van der Waals surface area contributed by atoms with Gasteiger partial charge in [-0.1, -0.05) is 6.07 Å². The molecule has 0 N–H and O–H groups in total. The number of ether oxygens (including phenoxy) is 2. The van der Waals surface area contributed by atoms with E-state index < -0.39 is 7.12 Å². The summed E-state index contributed by atoms with van der Waals surface area (Å²) >= 11 is 0. The Balaban J connectivity index is 1.97. The molecule has 3 rings (SSSR count). The molecule has 2 heterocycles. The first kappa shape index (κ1) is 16.2. The summed E-state index contributed by atoms with van der Waals surface area (Å²) in [6.45, 7) is 8.37. The molecule has 0 radical (unpaired) electrons. The quantitative estimate of drug-likeness (QED) is 0.641. The summed E-state index contributed by atoms with van der Waals surface area (Å²) in [5, 5.41) is 0.914. The average molecular weight is 315 g/mol. The van der Waals surface area contributed by atoms with E-state index in [1.54, 1.807) is 13.3 Å². The molecule has 1 aromatic carbocycles. The van der Waals surface area contributed by atoms with Crippen molar-refractivity contribution in [1.82, 2.24) is 4.98 Å². The highest BCUT2D eigenvalue weighted by atomic mass is 16.7. The molecule has 122 valence electrons. The minimum atomic E-state index is -0.403. The molecule has 0 aliphatic carbocycles. The first-order valence-electron chi connectivity index (χ1n) is 7.70.